The van der Waals surface area contributed by atoms with Crippen molar-refractivity contribution in [3.8, 4) is 79.4 Å². The third-order valence-electron chi connectivity index (χ3n) is 12.8. The first kappa shape index (κ1) is 39.1. The summed E-state index contributed by atoms with van der Waals surface area (Å²) in [7, 11) is 0. The van der Waals surface area contributed by atoms with Crippen LogP contribution in [0, 0.1) is 0 Å². The van der Waals surface area contributed by atoms with Crippen molar-refractivity contribution < 1.29 is 0 Å². The lowest BCUT2D eigenvalue weighted by atomic mass is 9.99. The van der Waals surface area contributed by atoms with Crippen molar-refractivity contribution in [2.45, 2.75) is 0 Å². The summed E-state index contributed by atoms with van der Waals surface area (Å²) in [5.74, 6) is 3.35. The van der Waals surface area contributed by atoms with Crippen molar-refractivity contribution in [2.75, 3.05) is 0 Å². The zero-order valence-corrected chi connectivity index (χ0v) is 36.6. The maximum Gasteiger partial charge on any atom is 0.164 e. The molecule has 0 aliphatic heterocycles. The van der Waals surface area contributed by atoms with Gasteiger partial charge < -0.3 is 4.57 Å². The third-order valence-corrected chi connectivity index (χ3v) is 12.8. The molecule has 0 radical (unpaired) electrons. The van der Waals surface area contributed by atoms with Crippen molar-refractivity contribution in [1.29, 1.82) is 0 Å². The fourth-order valence-corrected chi connectivity index (χ4v) is 9.64. The van der Waals surface area contributed by atoms with Crippen LogP contribution in [-0.4, -0.2) is 34.1 Å². The smallest absolute Gasteiger partial charge is 0.164 e. The molecular weight excluding hydrogens is 831 g/mol. The Bertz CT molecular complexity index is 3880. The van der Waals surface area contributed by atoms with Gasteiger partial charge in [0.2, 0.25) is 0 Å². The first-order valence-corrected chi connectivity index (χ1v) is 22.8. The average molecular weight is 870 g/mol. The van der Waals surface area contributed by atoms with E-state index in [1.54, 1.807) is 0 Å². The second-order valence-corrected chi connectivity index (χ2v) is 16.9. The summed E-state index contributed by atoms with van der Waals surface area (Å²) in [6.45, 7) is 0. The van der Waals surface area contributed by atoms with E-state index < -0.39 is 0 Å². The van der Waals surface area contributed by atoms with Crippen LogP contribution in [0.1, 0.15) is 0 Å². The second-order valence-electron chi connectivity index (χ2n) is 16.9. The van der Waals surface area contributed by atoms with E-state index in [0.29, 0.717) is 23.3 Å². The molecule has 0 saturated carbocycles. The Morgan fingerprint density at radius 2 is 0.735 bits per heavy atom. The van der Waals surface area contributed by atoms with Gasteiger partial charge in [0.25, 0.3) is 0 Å². The molecule has 13 aromatic rings. The van der Waals surface area contributed by atoms with Crippen LogP contribution >= 0.6 is 0 Å². The highest BCUT2D eigenvalue weighted by Gasteiger charge is 2.22. The third kappa shape index (κ3) is 6.72. The molecule has 0 N–H and O–H groups in total. The molecule has 7 heteroatoms. The molecule has 0 amide bonds. The van der Waals surface area contributed by atoms with Crippen LogP contribution in [-0.2, 0) is 0 Å². The molecule has 0 aliphatic carbocycles. The molecule has 4 aromatic heterocycles. The van der Waals surface area contributed by atoms with Gasteiger partial charge in [-0.05, 0) is 59.7 Å². The van der Waals surface area contributed by atoms with E-state index in [-0.39, 0.29) is 0 Å². The molecular formula is C61H39N7. The minimum Gasteiger partial charge on any atom is -0.309 e. The maximum atomic E-state index is 5.26. The summed E-state index contributed by atoms with van der Waals surface area (Å²) in [5, 5.41) is 4.46. The van der Waals surface area contributed by atoms with E-state index in [0.717, 1.165) is 99.8 Å². The van der Waals surface area contributed by atoms with Crippen molar-refractivity contribution in [3.63, 3.8) is 0 Å². The maximum absolute atomic E-state index is 5.26. The van der Waals surface area contributed by atoms with Crippen LogP contribution in [0.4, 0.5) is 0 Å². The zero-order valence-electron chi connectivity index (χ0n) is 36.6. The lowest BCUT2D eigenvalue weighted by molar-refractivity contribution is 1.05. The largest absolute Gasteiger partial charge is 0.309 e. The number of benzene rings is 9. The van der Waals surface area contributed by atoms with E-state index in [1.807, 2.05) is 84.9 Å². The Hall–Kier alpha value is -9.33. The van der Waals surface area contributed by atoms with Gasteiger partial charge in [0.1, 0.15) is 5.82 Å². The van der Waals surface area contributed by atoms with E-state index >= 15 is 0 Å². The van der Waals surface area contributed by atoms with Crippen LogP contribution in [0.15, 0.2) is 237 Å². The molecule has 0 atom stereocenters. The lowest BCUT2D eigenvalue weighted by Gasteiger charge is -2.12. The number of fused-ring (bicyclic) bond motifs is 6. The normalized spacial score (nSPS) is 11.5. The first-order valence-electron chi connectivity index (χ1n) is 22.8. The average Bonchev–Trinajstić information content (AvgIpc) is 3.94. The Morgan fingerprint density at radius 1 is 0.265 bits per heavy atom. The predicted octanol–water partition coefficient (Wildman–Crippen LogP) is 14.9. The molecule has 0 saturated heterocycles. The molecule has 0 bridgehead atoms. The van der Waals surface area contributed by atoms with E-state index in [4.69, 9.17) is 24.9 Å². The summed E-state index contributed by atoms with van der Waals surface area (Å²) < 4.78 is 4.63. The molecule has 68 heavy (non-hydrogen) atoms. The van der Waals surface area contributed by atoms with Gasteiger partial charge in [0, 0.05) is 61.1 Å². The van der Waals surface area contributed by atoms with Crippen LogP contribution < -0.4 is 0 Å². The Balaban J connectivity index is 1.02. The number of aromatic nitrogens is 7. The van der Waals surface area contributed by atoms with Crippen molar-refractivity contribution in [1.82, 2.24) is 34.1 Å². The van der Waals surface area contributed by atoms with Gasteiger partial charge >= 0.3 is 0 Å². The van der Waals surface area contributed by atoms with Crippen molar-refractivity contribution in [3.05, 3.63) is 237 Å². The molecule has 318 valence electrons. The van der Waals surface area contributed by atoms with Gasteiger partial charge in [-0.25, -0.2) is 24.9 Å². The van der Waals surface area contributed by atoms with Gasteiger partial charge in [0.15, 0.2) is 23.3 Å². The molecule has 0 fully saturated rings. The summed E-state index contributed by atoms with van der Waals surface area (Å²) >= 11 is 0. The lowest BCUT2D eigenvalue weighted by Crippen LogP contribution is -2.02. The number of rotatable bonds is 8. The molecule has 0 spiro atoms. The zero-order chi connectivity index (χ0) is 45.0. The van der Waals surface area contributed by atoms with Gasteiger partial charge in [-0.15, -0.1) is 0 Å². The summed E-state index contributed by atoms with van der Waals surface area (Å²) in [5.41, 5.74) is 13.2. The summed E-state index contributed by atoms with van der Waals surface area (Å²) in [4.78, 5) is 25.8. The SMILES string of the molecule is c1ccc(-c2cc(-n3c4ccccc4c4cc(-c5ccc6c(c5)c5c(-c7nc(-c8ccccc8)nc(-c8ccccc8)n7)cccc5n6-c5ccccc5)ccc43)nc(-c3ccccc3)n2)cc1. The highest BCUT2D eigenvalue weighted by Crippen LogP contribution is 2.42. The Morgan fingerprint density at radius 3 is 1.35 bits per heavy atom. The molecule has 0 unspecified atom stereocenters. The van der Waals surface area contributed by atoms with E-state index in [9.17, 15) is 0 Å². The van der Waals surface area contributed by atoms with Crippen LogP contribution in [0.2, 0.25) is 0 Å². The second kappa shape index (κ2) is 16.3. The highest BCUT2D eigenvalue weighted by atomic mass is 15.1. The summed E-state index contributed by atoms with van der Waals surface area (Å²) in [6, 6.07) is 82.2. The minimum atomic E-state index is 0.616. The number of para-hydroxylation sites is 2. The number of nitrogens with zero attached hydrogens (tertiary/aromatic N) is 7. The molecule has 4 heterocycles. The van der Waals surface area contributed by atoms with Crippen molar-refractivity contribution >= 4 is 43.6 Å². The van der Waals surface area contributed by atoms with E-state index in [2.05, 4.69) is 161 Å². The quantitative estimate of drug-likeness (QED) is 0.152. The molecule has 7 nitrogen and oxygen atoms in total. The standard InChI is InChI=1S/C61H39N7/c1-6-19-40(20-7-1)51-39-56(63-58(62-51)41-21-8-2-9-22-41)68-52-31-17-16-29-47(52)49-37-44(33-35-53(49)68)45-34-36-54-50(38-45)57-48(30-18-32-55(57)67(54)46-27-14-5-15-28-46)61-65-59(42-23-10-3-11-24-42)64-60(66-61)43-25-12-4-13-26-43/h1-39H. The topological polar surface area (TPSA) is 74.3 Å². The fraction of sp³-hybridized carbons (Fsp3) is 0. The van der Waals surface area contributed by atoms with Gasteiger partial charge in [0.05, 0.1) is 27.8 Å². The van der Waals surface area contributed by atoms with Crippen LogP contribution in [0.25, 0.3) is 123 Å². The fourth-order valence-electron chi connectivity index (χ4n) is 9.64. The first-order chi connectivity index (χ1) is 33.7. The Labute approximate surface area is 392 Å². The van der Waals surface area contributed by atoms with Crippen LogP contribution in [0.5, 0.6) is 0 Å². The van der Waals surface area contributed by atoms with E-state index in [1.165, 1.54) is 0 Å². The molecule has 0 aliphatic rings. The summed E-state index contributed by atoms with van der Waals surface area (Å²) in [6.07, 6.45) is 0. The van der Waals surface area contributed by atoms with Crippen LogP contribution in [0.3, 0.4) is 0 Å². The molecule has 9 aromatic carbocycles. The highest BCUT2D eigenvalue weighted by molar-refractivity contribution is 6.17. The van der Waals surface area contributed by atoms with Crippen molar-refractivity contribution in [2.24, 2.45) is 0 Å². The molecule has 13 rings (SSSR count). The van der Waals surface area contributed by atoms with Gasteiger partial charge in [-0.3, -0.25) is 4.57 Å². The minimum absolute atomic E-state index is 0.616. The monoisotopic (exact) mass is 869 g/mol. The van der Waals surface area contributed by atoms with Gasteiger partial charge in [-0.2, -0.15) is 0 Å². The Kier molecular flexibility index (Phi) is 9.35. The van der Waals surface area contributed by atoms with Gasteiger partial charge in [-0.1, -0.05) is 182 Å². The predicted molar refractivity (Wildman–Crippen MR) is 277 cm³/mol. The number of hydrogen-bond donors (Lipinski definition) is 0. The number of hydrogen-bond acceptors (Lipinski definition) is 5.